The molecule has 1 N–H and O–H groups in total. The molecule has 0 spiro atoms. The molecule has 0 aliphatic rings. The van der Waals surface area contributed by atoms with Crippen molar-refractivity contribution in [2.24, 2.45) is 7.05 Å². The van der Waals surface area contributed by atoms with Gasteiger partial charge in [-0.1, -0.05) is 47.6 Å². The van der Waals surface area contributed by atoms with Gasteiger partial charge >= 0.3 is 0 Å². The Morgan fingerprint density at radius 2 is 1.67 bits per heavy atom. The molecule has 2 aromatic carbocycles. The Kier molecular flexibility index (Phi) is 5.68. The van der Waals surface area contributed by atoms with Gasteiger partial charge in [0.15, 0.2) is 10.9 Å². The van der Waals surface area contributed by atoms with Crippen LogP contribution < -0.4 is 5.56 Å². The van der Waals surface area contributed by atoms with E-state index >= 15 is 0 Å². The van der Waals surface area contributed by atoms with E-state index in [9.17, 15) is 14.7 Å². The largest absolute Gasteiger partial charge is 0.493 e. The molecule has 0 aliphatic heterocycles. The molecule has 0 fully saturated rings. The van der Waals surface area contributed by atoms with Gasteiger partial charge in [-0.05, 0) is 36.8 Å². The summed E-state index contributed by atoms with van der Waals surface area (Å²) in [5.41, 5.74) is 2.10. The van der Waals surface area contributed by atoms with Crippen LogP contribution in [0.4, 0.5) is 0 Å². The van der Waals surface area contributed by atoms with E-state index in [0.29, 0.717) is 27.1 Å². The fourth-order valence-electron chi connectivity index (χ4n) is 2.48. The molecule has 3 aromatic rings. The minimum absolute atomic E-state index is 0.0709. The highest BCUT2D eigenvalue weighted by atomic mass is 35.5. The van der Waals surface area contributed by atoms with Crippen LogP contribution in [0.2, 0.25) is 5.02 Å². The Bertz CT molecular complexity index is 1040. The van der Waals surface area contributed by atoms with Crippen LogP contribution in [0.5, 0.6) is 5.88 Å². The van der Waals surface area contributed by atoms with E-state index in [0.717, 1.165) is 5.56 Å². The summed E-state index contributed by atoms with van der Waals surface area (Å²) < 4.78 is 1.41. The molecule has 0 aliphatic carbocycles. The van der Waals surface area contributed by atoms with Gasteiger partial charge in [0.2, 0.25) is 5.88 Å². The maximum atomic E-state index is 12.5. The van der Waals surface area contributed by atoms with Crippen molar-refractivity contribution in [3.63, 3.8) is 0 Å². The number of rotatable bonds is 5. The Balaban J connectivity index is 1.72. The third kappa shape index (κ3) is 4.23. The molecule has 0 saturated heterocycles. The highest BCUT2D eigenvalue weighted by Gasteiger charge is 2.12. The maximum Gasteiger partial charge on any atom is 0.260 e. The molecule has 0 bridgehead atoms. The van der Waals surface area contributed by atoms with E-state index in [-0.39, 0.29) is 22.8 Å². The van der Waals surface area contributed by atoms with Crippen molar-refractivity contribution in [1.29, 1.82) is 0 Å². The quantitative estimate of drug-likeness (QED) is 0.398. The lowest BCUT2D eigenvalue weighted by atomic mass is 10.0. The first-order chi connectivity index (χ1) is 12.9. The van der Waals surface area contributed by atoms with Gasteiger partial charge in [0.1, 0.15) is 0 Å². The summed E-state index contributed by atoms with van der Waals surface area (Å²) in [7, 11) is 1.62. The average Bonchev–Trinajstić information content (AvgIpc) is 2.68. The molecule has 0 saturated carbocycles. The summed E-state index contributed by atoms with van der Waals surface area (Å²) in [6, 6.07) is 14.0. The second kappa shape index (κ2) is 7.98. The van der Waals surface area contributed by atoms with Crippen molar-refractivity contribution in [1.82, 2.24) is 9.55 Å². The van der Waals surface area contributed by atoms with Crippen LogP contribution >= 0.6 is 23.4 Å². The number of carbonyl (C=O) groups is 1. The number of aromatic nitrogens is 2. The van der Waals surface area contributed by atoms with Crippen LogP contribution in [-0.4, -0.2) is 20.4 Å². The monoisotopic (exact) mass is 400 g/mol. The Morgan fingerprint density at radius 3 is 2.26 bits per heavy atom. The van der Waals surface area contributed by atoms with Crippen molar-refractivity contribution < 1.29 is 9.90 Å². The fraction of sp³-hybridized carbons (Fsp3) is 0.150. The van der Waals surface area contributed by atoms with Gasteiger partial charge in [0, 0.05) is 29.0 Å². The van der Waals surface area contributed by atoms with Crippen LogP contribution in [0.15, 0.2) is 58.5 Å². The van der Waals surface area contributed by atoms with Gasteiger partial charge in [-0.25, -0.2) is 0 Å². The lowest BCUT2D eigenvalue weighted by Gasteiger charge is -2.09. The van der Waals surface area contributed by atoms with Gasteiger partial charge in [-0.2, -0.15) is 4.98 Å². The summed E-state index contributed by atoms with van der Waals surface area (Å²) in [4.78, 5) is 28.5. The Labute approximate surface area is 165 Å². The van der Waals surface area contributed by atoms with Gasteiger partial charge < -0.3 is 5.11 Å². The molecule has 0 unspecified atom stereocenters. The number of hydrogen-bond acceptors (Lipinski definition) is 5. The van der Waals surface area contributed by atoms with Gasteiger partial charge in [-0.3, -0.25) is 14.2 Å². The van der Waals surface area contributed by atoms with Gasteiger partial charge in [-0.15, -0.1) is 0 Å². The van der Waals surface area contributed by atoms with Crippen LogP contribution in [0, 0.1) is 6.92 Å². The highest BCUT2D eigenvalue weighted by Crippen LogP contribution is 2.23. The molecular formula is C20H17ClN2O3S. The highest BCUT2D eigenvalue weighted by molar-refractivity contribution is 7.98. The van der Waals surface area contributed by atoms with Crippen molar-refractivity contribution in [2.75, 3.05) is 0 Å². The lowest BCUT2D eigenvalue weighted by molar-refractivity contribution is 0.103. The second-order valence-electron chi connectivity index (χ2n) is 6.03. The molecule has 138 valence electrons. The number of ketones is 1. The fourth-order valence-corrected chi connectivity index (χ4v) is 3.52. The molecule has 0 radical (unpaired) electrons. The SMILES string of the molecule is Cc1c(O)nc(SCc2ccc(C(=O)c3ccc(Cl)cc3)cc2)n(C)c1=O. The molecule has 5 nitrogen and oxygen atoms in total. The Hall–Kier alpha value is -2.57. The number of carbonyl (C=O) groups excluding carboxylic acids is 1. The average molecular weight is 401 g/mol. The maximum absolute atomic E-state index is 12.5. The van der Waals surface area contributed by atoms with Gasteiger partial charge in [0.05, 0.1) is 5.56 Å². The first-order valence-corrected chi connectivity index (χ1v) is 9.52. The second-order valence-corrected chi connectivity index (χ2v) is 7.41. The smallest absolute Gasteiger partial charge is 0.260 e. The molecule has 0 atom stereocenters. The van der Waals surface area contributed by atoms with E-state index in [1.165, 1.54) is 23.3 Å². The lowest BCUT2D eigenvalue weighted by Crippen LogP contribution is -2.22. The summed E-state index contributed by atoms with van der Waals surface area (Å²) in [6.07, 6.45) is 0. The molecule has 1 heterocycles. The van der Waals surface area contributed by atoms with Gasteiger partial charge in [0.25, 0.3) is 5.56 Å². The zero-order valence-corrected chi connectivity index (χ0v) is 16.3. The minimum Gasteiger partial charge on any atom is -0.493 e. The van der Waals surface area contributed by atoms with E-state index in [2.05, 4.69) is 4.98 Å². The van der Waals surface area contributed by atoms with Crippen molar-refractivity contribution in [2.45, 2.75) is 17.8 Å². The number of nitrogens with zero attached hydrogens (tertiary/aromatic N) is 2. The van der Waals surface area contributed by atoms with Crippen molar-refractivity contribution in [3.8, 4) is 5.88 Å². The summed E-state index contributed by atoms with van der Waals surface area (Å²) in [5, 5.41) is 10.8. The van der Waals surface area contributed by atoms with Crippen LogP contribution in [0.3, 0.4) is 0 Å². The van der Waals surface area contributed by atoms with Crippen LogP contribution in [0.25, 0.3) is 0 Å². The number of halogens is 1. The molecular weight excluding hydrogens is 384 g/mol. The predicted octanol–water partition coefficient (Wildman–Crippen LogP) is 3.97. The van der Waals surface area contributed by atoms with E-state index < -0.39 is 0 Å². The number of hydrogen-bond donors (Lipinski definition) is 1. The molecule has 1 aromatic heterocycles. The summed E-state index contributed by atoms with van der Waals surface area (Å²) >= 11 is 7.19. The first kappa shape index (κ1) is 19.2. The van der Waals surface area contributed by atoms with Crippen LogP contribution in [0.1, 0.15) is 27.0 Å². The summed E-state index contributed by atoms with van der Waals surface area (Å²) in [5.74, 6) is 0.237. The van der Waals surface area contributed by atoms with E-state index in [4.69, 9.17) is 11.6 Å². The third-order valence-corrected chi connectivity index (χ3v) is 5.49. The van der Waals surface area contributed by atoms with E-state index in [1.807, 2.05) is 12.1 Å². The molecule has 3 rings (SSSR count). The summed E-state index contributed by atoms with van der Waals surface area (Å²) in [6.45, 7) is 1.54. The third-order valence-electron chi connectivity index (χ3n) is 4.14. The Morgan fingerprint density at radius 1 is 1.11 bits per heavy atom. The number of thioether (sulfide) groups is 1. The van der Waals surface area contributed by atoms with Crippen molar-refractivity contribution in [3.05, 3.63) is 86.2 Å². The topological polar surface area (TPSA) is 72.2 Å². The molecule has 7 heteroatoms. The predicted molar refractivity (Wildman–Crippen MR) is 107 cm³/mol. The van der Waals surface area contributed by atoms with Crippen LogP contribution in [-0.2, 0) is 12.8 Å². The molecule has 27 heavy (non-hydrogen) atoms. The zero-order chi connectivity index (χ0) is 19.6. The number of aromatic hydroxyl groups is 1. The normalized spacial score (nSPS) is 10.8. The standard InChI is InChI=1S/C20H17ClN2O3S/c1-12-18(25)22-20(23(2)19(12)26)27-11-13-3-5-14(6-4-13)17(24)15-7-9-16(21)10-8-15/h3-10,25H,11H2,1-2H3. The first-order valence-electron chi connectivity index (χ1n) is 8.15. The van der Waals surface area contributed by atoms with E-state index in [1.54, 1.807) is 43.4 Å². The molecule has 0 amide bonds. The van der Waals surface area contributed by atoms with Crippen molar-refractivity contribution >= 4 is 29.1 Å². The zero-order valence-electron chi connectivity index (χ0n) is 14.8. The number of benzene rings is 2. The minimum atomic E-state index is -0.270.